The Morgan fingerprint density at radius 2 is 2.11 bits per heavy atom. The highest BCUT2D eigenvalue weighted by molar-refractivity contribution is 5.42. The van der Waals surface area contributed by atoms with Crippen LogP contribution in [0.3, 0.4) is 0 Å². The Labute approximate surface area is 109 Å². The quantitative estimate of drug-likeness (QED) is 0.742. The summed E-state index contributed by atoms with van der Waals surface area (Å²) in [4.78, 5) is 0. The lowest BCUT2D eigenvalue weighted by molar-refractivity contribution is 0.233. The van der Waals surface area contributed by atoms with Crippen LogP contribution in [-0.2, 0) is 6.54 Å². The Kier molecular flexibility index (Phi) is 6.54. The summed E-state index contributed by atoms with van der Waals surface area (Å²) in [5.74, 6) is 1.80. The summed E-state index contributed by atoms with van der Waals surface area (Å²) in [5.41, 5.74) is 1.14. The summed E-state index contributed by atoms with van der Waals surface area (Å²) < 4.78 is 10.8. The molecule has 2 N–H and O–H groups in total. The first-order valence-electron chi connectivity index (χ1n) is 6.32. The van der Waals surface area contributed by atoms with Gasteiger partial charge in [-0.25, -0.2) is 0 Å². The van der Waals surface area contributed by atoms with Crippen LogP contribution in [-0.4, -0.2) is 32.0 Å². The van der Waals surface area contributed by atoms with Crippen LogP contribution in [0, 0.1) is 5.92 Å². The van der Waals surface area contributed by atoms with Gasteiger partial charge in [0.05, 0.1) is 13.7 Å². The van der Waals surface area contributed by atoms with E-state index in [1.54, 1.807) is 7.11 Å². The smallest absolute Gasteiger partial charge is 0.161 e. The fraction of sp³-hybridized carbons (Fsp3) is 0.571. The third-order valence-electron chi connectivity index (χ3n) is 2.66. The van der Waals surface area contributed by atoms with Crippen molar-refractivity contribution in [2.45, 2.75) is 20.4 Å². The Morgan fingerprint density at radius 3 is 2.72 bits per heavy atom. The molecule has 0 aliphatic heterocycles. The molecule has 1 aromatic rings. The molecule has 4 heteroatoms. The molecule has 0 aliphatic rings. The van der Waals surface area contributed by atoms with Crippen LogP contribution < -0.4 is 14.8 Å². The van der Waals surface area contributed by atoms with Crippen molar-refractivity contribution >= 4 is 0 Å². The molecule has 0 amide bonds. The highest BCUT2D eigenvalue weighted by Crippen LogP contribution is 2.27. The van der Waals surface area contributed by atoms with Gasteiger partial charge in [0.25, 0.3) is 0 Å². The van der Waals surface area contributed by atoms with E-state index < -0.39 is 0 Å². The maximum absolute atomic E-state index is 8.94. The van der Waals surface area contributed by atoms with Gasteiger partial charge in [-0.2, -0.15) is 0 Å². The number of aliphatic hydroxyl groups excluding tert-OH is 1. The number of nitrogens with one attached hydrogen (secondary N) is 1. The summed E-state index contributed by atoms with van der Waals surface area (Å²) in [7, 11) is 1.64. The number of rotatable bonds is 8. The number of hydrogen-bond donors (Lipinski definition) is 2. The van der Waals surface area contributed by atoms with Gasteiger partial charge >= 0.3 is 0 Å². The van der Waals surface area contributed by atoms with E-state index in [4.69, 9.17) is 14.6 Å². The van der Waals surface area contributed by atoms with E-state index in [1.807, 2.05) is 32.0 Å². The molecule has 0 fully saturated rings. The Hall–Kier alpha value is -1.26. The average molecular weight is 253 g/mol. The van der Waals surface area contributed by atoms with Crippen molar-refractivity contribution in [3.05, 3.63) is 23.8 Å². The molecule has 0 aliphatic carbocycles. The molecule has 0 spiro atoms. The van der Waals surface area contributed by atoms with Gasteiger partial charge in [-0.1, -0.05) is 13.0 Å². The minimum atomic E-state index is 0.208. The van der Waals surface area contributed by atoms with Crippen LogP contribution in [0.25, 0.3) is 0 Å². The second-order valence-corrected chi connectivity index (χ2v) is 4.34. The monoisotopic (exact) mass is 253 g/mol. The molecule has 1 unspecified atom stereocenters. The third-order valence-corrected chi connectivity index (χ3v) is 2.66. The van der Waals surface area contributed by atoms with Gasteiger partial charge < -0.3 is 19.9 Å². The molecule has 0 bridgehead atoms. The average Bonchev–Trinajstić information content (AvgIpc) is 2.39. The van der Waals surface area contributed by atoms with Crippen molar-refractivity contribution in [3.8, 4) is 11.5 Å². The van der Waals surface area contributed by atoms with Crippen molar-refractivity contribution in [2.75, 3.05) is 26.9 Å². The molecule has 0 saturated carbocycles. The molecule has 0 radical (unpaired) electrons. The number of ether oxygens (including phenoxy) is 2. The predicted octanol–water partition coefficient (Wildman–Crippen LogP) is 1.81. The molecular formula is C14H23NO3. The van der Waals surface area contributed by atoms with E-state index in [1.165, 1.54) is 0 Å². The van der Waals surface area contributed by atoms with Gasteiger partial charge in [-0.05, 0) is 30.5 Å². The van der Waals surface area contributed by atoms with Gasteiger partial charge in [0.2, 0.25) is 0 Å². The summed E-state index contributed by atoms with van der Waals surface area (Å²) in [6.07, 6.45) is 0. The van der Waals surface area contributed by atoms with Gasteiger partial charge in [0, 0.05) is 19.7 Å². The van der Waals surface area contributed by atoms with Gasteiger partial charge in [0.1, 0.15) is 0 Å². The van der Waals surface area contributed by atoms with E-state index in [2.05, 4.69) is 5.32 Å². The first-order chi connectivity index (χ1) is 8.71. The van der Waals surface area contributed by atoms with Crippen molar-refractivity contribution in [1.29, 1.82) is 0 Å². The van der Waals surface area contributed by atoms with E-state index >= 15 is 0 Å². The minimum absolute atomic E-state index is 0.208. The molecular weight excluding hydrogens is 230 g/mol. The normalized spacial score (nSPS) is 12.2. The summed E-state index contributed by atoms with van der Waals surface area (Å²) >= 11 is 0. The first-order valence-corrected chi connectivity index (χ1v) is 6.32. The number of hydrogen-bond acceptors (Lipinski definition) is 4. The van der Waals surface area contributed by atoms with E-state index in [0.29, 0.717) is 6.61 Å². The number of methoxy groups -OCH3 is 1. The van der Waals surface area contributed by atoms with Gasteiger partial charge in [-0.15, -0.1) is 0 Å². The van der Waals surface area contributed by atoms with Gasteiger partial charge in [-0.3, -0.25) is 0 Å². The lowest BCUT2D eigenvalue weighted by Crippen LogP contribution is -2.22. The Balaban J connectivity index is 2.58. The maximum atomic E-state index is 8.94. The van der Waals surface area contributed by atoms with Crippen molar-refractivity contribution in [1.82, 2.24) is 5.32 Å². The molecule has 1 rings (SSSR count). The van der Waals surface area contributed by atoms with Crippen LogP contribution in [0.4, 0.5) is 0 Å². The molecule has 0 aromatic heterocycles. The third kappa shape index (κ3) is 4.55. The minimum Gasteiger partial charge on any atom is -0.493 e. The summed E-state index contributed by atoms with van der Waals surface area (Å²) in [6.45, 7) is 6.34. The van der Waals surface area contributed by atoms with Gasteiger partial charge in [0.15, 0.2) is 11.5 Å². The highest BCUT2D eigenvalue weighted by atomic mass is 16.5. The van der Waals surface area contributed by atoms with Crippen molar-refractivity contribution < 1.29 is 14.6 Å². The lowest BCUT2D eigenvalue weighted by Gasteiger charge is -2.13. The number of aliphatic hydroxyl groups is 1. The topological polar surface area (TPSA) is 50.7 Å². The SMILES string of the molecule is CCOc1cc(CNCC(C)CO)ccc1OC. The molecule has 102 valence electrons. The largest absolute Gasteiger partial charge is 0.493 e. The second kappa shape index (κ2) is 7.95. The maximum Gasteiger partial charge on any atom is 0.161 e. The summed E-state index contributed by atoms with van der Waals surface area (Å²) in [5, 5.41) is 12.2. The van der Waals surface area contributed by atoms with E-state index in [0.717, 1.165) is 30.2 Å². The van der Waals surface area contributed by atoms with Crippen LogP contribution in [0.2, 0.25) is 0 Å². The van der Waals surface area contributed by atoms with Crippen molar-refractivity contribution in [3.63, 3.8) is 0 Å². The van der Waals surface area contributed by atoms with Crippen LogP contribution >= 0.6 is 0 Å². The zero-order valence-electron chi connectivity index (χ0n) is 11.4. The van der Waals surface area contributed by atoms with Crippen molar-refractivity contribution in [2.24, 2.45) is 5.92 Å². The van der Waals surface area contributed by atoms with Crippen LogP contribution in [0.1, 0.15) is 19.4 Å². The fourth-order valence-electron chi connectivity index (χ4n) is 1.63. The molecule has 0 saturated heterocycles. The van der Waals surface area contributed by atoms with Crippen LogP contribution in [0.5, 0.6) is 11.5 Å². The standard InChI is InChI=1S/C14H23NO3/c1-4-18-14-7-12(5-6-13(14)17-3)9-15-8-11(2)10-16/h5-7,11,15-16H,4,8-10H2,1-3H3. The molecule has 1 aromatic carbocycles. The second-order valence-electron chi connectivity index (χ2n) is 4.34. The Morgan fingerprint density at radius 1 is 1.33 bits per heavy atom. The molecule has 4 nitrogen and oxygen atoms in total. The highest BCUT2D eigenvalue weighted by Gasteiger charge is 2.05. The predicted molar refractivity (Wildman–Crippen MR) is 72.1 cm³/mol. The van der Waals surface area contributed by atoms with Crippen LogP contribution in [0.15, 0.2) is 18.2 Å². The molecule has 1 atom stereocenters. The number of benzene rings is 1. The van der Waals surface area contributed by atoms with E-state index in [-0.39, 0.29) is 12.5 Å². The van der Waals surface area contributed by atoms with E-state index in [9.17, 15) is 0 Å². The zero-order valence-corrected chi connectivity index (χ0v) is 11.4. The summed E-state index contributed by atoms with van der Waals surface area (Å²) in [6, 6.07) is 5.91. The first kappa shape index (κ1) is 14.8. The molecule has 18 heavy (non-hydrogen) atoms. The fourth-order valence-corrected chi connectivity index (χ4v) is 1.63. The Bertz CT molecular complexity index is 355. The zero-order chi connectivity index (χ0) is 13.4. The lowest BCUT2D eigenvalue weighted by atomic mass is 10.1. The molecule has 0 heterocycles.